The number of hydrogen-bond donors (Lipinski definition) is 0. The molecule has 7 heteroatoms. The largest absolute Gasteiger partial charge is 0.456 e. The lowest BCUT2D eigenvalue weighted by Crippen LogP contribution is -2.60. The lowest BCUT2D eigenvalue weighted by Gasteiger charge is -2.40. The highest BCUT2D eigenvalue weighted by atomic mass is 16.9. The molecule has 0 radical (unpaired) electrons. The Morgan fingerprint density at radius 1 is 1.12 bits per heavy atom. The molecule has 4 atom stereocenters. The molecule has 0 bridgehead atoms. The zero-order valence-corrected chi connectivity index (χ0v) is 14.5. The van der Waals surface area contributed by atoms with E-state index in [1.807, 2.05) is 0 Å². The Kier molecular flexibility index (Phi) is 3.41. The predicted molar refractivity (Wildman–Crippen MR) is 83.3 cm³/mol. The van der Waals surface area contributed by atoms with E-state index < -0.39 is 29.4 Å². The maximum absolute atomic E-state index is 11.9. The summed E-state index contributed by atoms with van der Waals surface area (Å²) in [5, 5.41) is 0. The first-order valence-corrected chi connectivity index (χ1v) is 9.15. The van der Waals surface area contributed by atoms with Crippen LogP contribution < -0.4 is 0 Å². The van der Waals surface area contributed by atoms with Gasteiger partial charge in [-0.05, 0) is 19.8 Å². The van der Waals surface area contributed by atoms with Gasteiger partial charge in [-0.25, -0.2) is 4.79 Å². The Morgan fingerprint density at radius 3 is 2.44 bits per heavy atom. The molecule has 2 spiro atoms. The van der Waals surface area contributed by atoms with Crippen LogP contribution >= 0.6 is 0 Å². The van der Waals surface area contributed by atoms with Gasteiger partial charge in [0.25, 0.3) is 0 Å². The van der Waals surface area contributed by atoms with Gasteiger partial charge in [0, 0.05) is 31.3 Å². The van der Waals surface area contributed by atoms with Gasteiger partial charge in [-0.1, -0.05) is 6.58 Å². The number of ether oxygens (including phenoxy) is 6. The quantitative estimate of drug-likeness (QED) is 0.566. The predicted octanol–water partition coefficient (Wildman–Crippen LogP) is 1.79. The highest BCUT2D eigenvalue weighted by molar-refractivity contribution is 5.86. The summed E-state index contributed by atoms with van der Waals surface area (Å²) in [4.78, 5) is 11.9. The first kappa shape index (κ1) is 16.2. The van der Waals surface area contributed by atoms with E-state index >= 15 is 0 Å². The van der Waals surface area contributed by atoms with Crippen LogP contribution in [0, 0.1) is 0 Å². The van der Waals surface area contributed by atoms with Crippen molar-refractivity contribution in [2.24, 2.45) is 0 Å². The Hall–Kier alpha value is -0.990. The van der Waals surface area contributed by atoms with Crippen LogP contribution in [0.15, 0.2) is 12.2 Å². The van der Waals surface area contributed by atoms with Gasteiger partial charge in [0.15, 0.2) is 11.6 Å². The molecule has 25 heavy (non-hydrogen) atoms. The molecule has 2 aliphatic carbocycles. The van der Waals surface area contributed by atoms with Crippen LogP contribution in [-0.4, -0.2) is 54.9 Å². The summed E-state index contributed by atoms with van der Waals surface area (Å²) in [5.41, 5.74) is 0.341. The van der Waals surface area contributed by atoms with Crippen LogP contribution in [0.5, 0.6) is 0 Å². The molecule has 2 saturated carbocycles. The molecule has 0 aromatic carbocycles. The van der Waals surface area contributed by atoms with Crippen LogP contribution in [0.3, 0.4) is 0 Å². The van der Waals surface area contributed by atoms with Crippen LogP contribution in [-0.2, 0) is 33.2 Å². The van der Waals surface area contributed by atoms with E-state index in [0.29, 0.717) is 12.2 Å². The number of rotatable bonds is 3. The summed E-state index contributed by atoms with van der Waals surface area (Å²) in [7, 11) is 0. The van der Waals surface area contributed by atoms with Gasteiger partial charge in [-0.2, -0.15) is 0 Å². The normalized spacial score (nSPS) is 42.4. The summed E-state index contributed by atoms with van der Waals surface area (Å²) in [5.74, 6) is -2.72. The average molecular weight is 352 g/mol. The van der Waals surface area contributed by atoms with Crippen LogP contribution in [0.1, 0.15) is 45.4 Å². The van der Waals surface area contributed by atoms with Crippen molar-refractivity contribution in [3.8, 4) is 0 Å². The first-order chi connectivity index (χ1) is 12.0. The molecule has 0 aromatic heterocycles. The van der Waals surface area contributed by atoms with Crippen molar-refractivity contribution in [3.63, 3.8) is 0 Å². The van der Waals surface area contributed by atoms with Gasteiger partial charge >= 0.3 is 5.97 Å². The highest BCUT2D eigenvalue weighted by Crippen LogP contribution is 2.55. The van der Waals surface area contributed by atoms with E-state index in [1.54, 1.807) is 6.92 Å². The molecule has 0 unspecified atom stereocenters. The Bertz CT molecular complexity index is 609. The summed E-state index contributed by atoms with van der Waals surface area (Å²) in [6.45, 7) is 5.53. The standard InChI is InChI=1S/C18H24O7/c1-11(2)15(19)20-10-18-14(24-17(25-18)7-4-8-17)13-12(9-21-18)22-16(23-13)5-3-6-16/h12-14H,1,3-10H2,2H3/t12-,13-,14+,18+/m1/s1. The van der Waals surface area contributed by atoms with Gasteiger partial charge in [0.05, 0.1) is 6.61 Å². The highest BCUT2D eigenvalue weighted by Gasteiger charge is 2.70. The summed E-state index contributed by atoms with van der Waals surface area (Å²) >= 11 is 0. The van der Waals surface area contributed by atoms with E-state index in [1.165, 1.54) is 0 Å². The molecule has 5 rings (SSSR count). The van der Waals surface area contributed by atoms with Crippen molar-refractivity contribution in [1.82, 2.24) is 0 Å². The van der Waals surface area contributed by atoms with Gasteiger partial charge in [-0.15, -0.1) is 0 Å². The fourth-order valence-electron chi connectivity index (χ4n) is 4.28. The number of hydrogen-bond acceptors (Lipinski definition) is 7. The van der Waals surface area contributed by atoms with Crippen molar-refractivity contribution in [2.75, 3.05) is 13.2 Å². The minimum Gasteiger partial charge on any atom is -0.456 e. The van der Waals surface area contributed by atoms with Gasteiger partial charge in [0.1, 0.15) is 24.9 Å². The smallest absolute Gasteiger partial charge is 0.333 e. The molecule has 0 N–H and O–H groups in total. The Morgan fingerprint density at radius 2 is 1.84 bits per heavy atom. The van der Waals surface area contributed by atoms with E-state index in [-0.39, 0.29) is 18.8 Å². The average Bonchev–Trinajstić information content (AvgIpc) is 3.08. The fraction of sp³-hybridized carbons (Fsp3) is 0.833. The van der Waals surface area contributed by atoms with E-state index in [4.69, 9.17) is 28.4 Å². The summed E-state index contributed by atoms with van der Waals surface area (Å²) in [6, 6.07) is 0. The van der Waals surface area contributed by atoms with E-state index in [0.717, 1.165) is 38.5 Å². The molecular weight excluding hydrogens is 328 g/mol. The molecule has 3 heterocycles. The van der Waals surface area contributed by atoms with Crippen molar-refractivity contribution in [2.45, 2.75) is 81.1 Å². The second-order valence-electron chi connectivity index (χ2n) is 7.89. The maximum Gasteiger partial charge on any atom is 0.333 e. The number of carbonyl (C=O) groups is 1. The van der Waals surface area contributed by atoms with Crippen LogP contribution in [0.2, 0.25) is 0 Å². The maximum atomic E-state index is 11.9. The Balaban J connectivity index is 1.40. The third-order valence-corrected chi connectivity index (χ3v) is 5.99. The second kappa shape index (κ2) is 5.27. The third-order valence-electron chi connectivity index (χ3n) is 5.99. The summed E-state index contributed by atoms with van der Waals surface area (Å²) < 4.78 is 36.4. The lowest BCUT2D eigenvalue weighted by molar-refractivity contribution is -0.312. The second-order valence-corrected chi connectivity index (χ2v) is 7.89. The molecule has 3 aliphatic heterocycles. The Labute approximate surface area is 146 Å². The molecule has 5 aliphatic rings. The zero-order valence-electron chi connectivity index (χ0n) is 14.5. The van der Waals surface area contributed by atoms with Gasteiger partial charge in [0.2, 0.25) is 5.79 Å². The van der Waals surface area contributed by atoms with E-state index in [9.17, 15) is 4.79 Å². The number of fused-ring (bicyclic) bond motifs is 3. The molecule has 138 valence electrons. The third kappa shape index (κ3) is 2.33. The van der Waals surface area contributed by atoms with Crippen molar-refractivity contribution in [3.05, 3.63) is 12.2 Å². The van der Waals surface area contributed by atoms with Crippen molar-refractivity contribution < 1.29 is 33.2 Å². The van der Waals surface area contributed by atoms with Gasteiger partial charge < -0.3 is 28.4 Å². The molecule has 5 fully saturated rings. The van der Waals surface area contributed by atoms with Gasteiger partial charge in [-0.3, -0.25) is 0 Å². The number of carbonyl (C=O) groups excluding carboxylic acids is 1. The topological polar surface area (TPSA) is 72.5 Å². The van der Waals surface area contributed by atoms with Crippen molar-refractivity contribution in [1.29, 1.82) is 0 Å². The molecule has 7 nitrogen and oxygen atoms in total. The SMILES string of the molecule is C=C(C)C(=O)OC[C@@]12OC[C@H]3OC4(CCC4)O[C@H]3[C@@H]1OC1(CCC1)O2. The van der Waals surface area contributed by atoms with E-state index in [2.05, 4.69) is 6.58 Å². The molecule has 3 saturated heterocycles. The summed E-state index contributed by atoms with van der Waals surface area (Å²) in [6.07, 6.45) is 4.67. The monoisotopic (exact) mass is 352 g/mol. The molecule has 0 amide bonds. The molecule has 0 aromatic rings. The minimum absolute atomic E-state index is 0.0370. The van der Waals surface area contributed by atoms with Crippen molar-refractivity contribution >= 4 is 5.97 Å². The fourth-order valence-corrected chi connectivity index (χ4v) is 4.28. The lowest BCUT2D eigenvalue weighted by atomic mass is 9.91. The zero-order chi connectivity index (χ0) is 17.3. The number of esters is 1. The van der Waals surface area contributed by atoms with Crippen LogP contribution in [0.25, 0.3) is 0 Å². The molecular formula is C18H24O7. The van der Waals surface area contributed by atoms with Crippen LogP contribution in [0.4, 0.5) is 0 Å². The first-order valence-electron chi connectivity index (χ1n) is 9.15. The minimum atomic E-state index is -1.13.